The highest BCUT2D eigenvalue weighted by Crippen LogP contribution is 2.67. The molecule has 262 valence electrons. The zero-order chi connectivity index (χ0) is 32.4. The number of hydrogen-bond donors (Lipinski definition) is 0. The van der Waals surface area contributed by atoms with Gasteiger partial charge in [0, 0.05) is 56.4 Å². The molecule has 0 spiro atoms. The van der Waals surface area contributed by atoms with Gasteiger partial charge in [0.1, 0.15) is 6.10 Å². The second kappa shape index (κ2) is 14.8. The number of carbonyl (C=O) groups excluding carboxylic acids is 2. The number of nitrogens with zero attached hydrogens (tertiary/aromatic N) is 3. The van der Waals surface area contributed by atoms with E-state index >= 15 is 0 Å². The Balaban J connectivity index is 0.00000267. The molecular formula is C39H73N3O3. The first kappa shape index (κ1) is 34.9. The van der Waals surface area contributed by atoms with Crippen molar-refractivity contribution < 1.29 is 18.6 Å². The van der Waals surface area contributed by atoms with Crippen molar-refractivity contribution in [2.24, 2.45) is 46.3 Å². The number of carbonyl (C=O) groups is 2. The van der Waals surface area contributed by atoms with Gasteiger partial charge in [0.2, 0.25) is 5.91 Å². The molecule has 1 amide bonds. The SMILES string of the molecule is CC(C)CCCC(C)C1CCC2[C@@H]3CC=C4C[C@@H](OC(=O)CCC(=O)N5CCN(C)CCN(C)CC5)CCC4(C)C3CCC12C.[HH].[HH].[HH]. The number of esters is 1. The Morgan fingerprint density at radius 3 is 2.27 bits per heavy atom. The standard InChI is InChI=1S/C39H67N3O3.3H2/c1-28(2)9-8-10-29(3)33-13-14-34-32-12-11-30-27-31(17-19-38(30,4)35(32)18-20-39(33,34)5)45-37(44)16-15-36(43)42-25-23-40(6)21-22-41(7)24-26-42;;;/h11,28-29,31-35H,8-10,12-27H2,1-7H3;3*1H/t29?,31-,32-,33?,34?,35?,38?,39?;;;/m0.../s1. The lowest BCUT2D eigenvalue weighted by atomic mass is 9.47. The number of rotatable bonds is 9. The molecule has 6 unspecified atom stereocenters. The van der Waals surface area contributed by atoms with Gasteiger partial charge in [-0.05, 0) is 105 Å². The second-order valence-corrected chi connectivity index (χ2v) is 17.1. The molecular weight excluding hydrogens is 558 g/mol. The molecule has 1 saturated heterocycles. The molecule has 1 aliphatic heterocycles. The van der Waals surface area contributed by atoms with E-state index in [1.165, 1.54) is 51.4 Å². The van der Waals surface area contributed by atoms with Crippen LogP contribution in [0.5, 0.6) is 0 Å². The Morgan fingerprint density at radius 1 is 0.889 bits per heavy atom. The molecule has 0 N–H and O–H groups in total. The fourth-order valence-electron chi connectivity index (χ4n) is 10.9. The van der Waals surface area contributed by atoms with E-state index in [0.29, 0.717) is 5.41 Å². The van der Waals surface area contributed by atoms with Crippen LogP contribution in [0.25, 0.3) is 0 Å². The Morgan fingerprint density at radius 2 is 1.58 bits per heavy atom. The van der Waals surface area contributed by atoms with Crippen molar-refractivity contribution >= 4 is 11.9 Å². The molecule has 6 heteroatoms. The zero-order valence-electron chi connectivity index (χ0n) is 30.1. The summed E-state index contributed by atoms with van der Waals surface area (Å²) in [6.45, 7) is 17.8. The Bertz CT molecular complexity index is 1060. The van der Waals surface area contributed by atoms with Gasteiger partial charge in [0.25, 0.3) is 0 Å². The summed E-state index contributed by atoms with van der Waals surface area (Å²) in [6, 6.07) is 0. The molecule has 45 heavy (non-hydrogen) atoms. The van der Waals surface area contributed by atoms with Crippen LogP contribution in [0.1, 0.15) is 122 Å². The molecule has 5 rings (SSSR count). The minimum absolute atomic E-state index is 0. The number of allylic oxidation sites excluding steroid dienone is 1. The first-order valence-electron chi connectivity index (χ1n) is 18.9. The van der Waals surface area contributed by atoms with Gasteiger partial charge in [-0.15, -0.1) is 0 Å². The Hall–Kier alpha value is -1.40. The van der Waals surface area contributed by atoms with Gasteiger partial charge in [-0.25, -0.2) is 0 Å². The molecule has 0 radical (unpaired) electrons. The van der Waals surface area contributed by atoms with E-state index in [1.807, 2.05) is 4.90 Å². The monoisotopic (exact) mass is 632 g/mol. The van der Waals surface area contributed by atoms with Gasteiger partial charge in [0.15, 0.2) is 0 Å². The second-order valence-electron chi connectivity index (χ2n) is 17.1. The molecule has 8 atom stereocenters. The molecule has 5 aliphatic rings. The van der Waals surface area contributed by atoms with Crippen LogP contribution in [-0.4, -0.2) is 86.0 Å². The van der Waals surface area contributed by atoms with E-state index < -0.39 is 0 Å². The number of fused-ring (bicyclic) bond motifs is 5. The summed E-state index contributed by atoms with van der Waals surface area (Å²) in [7, 11) is 4.23. The average molecular weight is 632 g/mol. The van der Waals surface area contributed by atoms with Crippen LogP contribution in [0.3, 0.4) is 0 Å². The molecule has 0 aromatic heterocycles. The first-order chi connectivity index (χ1) is 21.4. The maximum atomic E-state index is 13.1. The van der Waals surface area contributed by atoms with Crippen LogP contribution in [0.4, 0.5) is 0 Å². The predicted octanol–water partition coefficient (Wildman–Crippen LogP) is 8.16. The minimum atomic E-state index is -0.197. The normalized spacial score (nSPS) is 37.0. The van der Waals surface area contributed by atoms with E-state index in [9.17, 15) is 9.59 Å². The van der Waals surface area contributed by atoms with Gasteiger partial charge < -0.3 is 19.4 Å². The number of amides is 1. The average Bonchev–Trinajstić information content (AvgIpc) is 3.38. The summed E-state index contributed by atoms with van der Waals surface area (Å²) >= 11 is 0. The van der Waals surface area contributed by atoms with Crippen LogP contribution >= 0.6 is 0 Å². The van der Waals surface area contributed by atoms with Crippen molar-refractivity contribution in [3.05, 3.63) is 11.6 Å². The fraction of sp³-hybridized carbons (Fsp3) is 0.897. The molecule has 1 heterocycles. The lowest BCUT2D eigenvalue weighted by Crippen LogP contribution is -2.51. The predicted molar refractivity (Wildman–Crippen MR) is 190 cm³/mol. The van der Waals surface area contributed by atoms with Gasteiger partial charge in [-0.3, -0.25) is 9.59 Å². The summed E-state index contributed by atoms with van der Waals surface area (Å²) in [4.78, 5) is 32.5. The van der Waals surface area contributed by atoms with Crippen molar-refractivity contribution in [3.8, 4) is 0 Å². The van der Waals surface area contributed by atoms with Crippen molar-refractivity contribution in [1.29, 1.82) is 0 Å². The van der Waals surface area contributed by atoms with Crippen LogP contribution in [0.15, 0.2) is 11.6 Å². The number of likely N-dealkylation sites (N-methyl/N-ethyl adjacent to an activating group) is 2. The van der Waals surface area contributed by atoms with Crippen molar-refractivity contribution in [2.45, 2.75) is 124 Å². The van der Waals surface area contributed by atoms with Crippen molar-refractivity contribution in [2.75, 3.05) is 53.4 Å². The maximum absolute atomic E-state index is 13.1. The van der Waals surface area contributed by atoms with Gasteiger partial charge >= 0.3 is 5.97 Å². The van der Waals surface area contributed by atoms with Crippen LogP contribution < -0.4 is 0 Å². The van der Waals surface area contributed by atoms with Crippen molar-refractivity contribution in [3.63, 3.8) is 0 Å². The van der Waals surface area contributed by atoms with Crippen LogP contribution in [-0.2, 0) is 14.3 Å². The van der Waals surface area contributed by atoms with Crippen LogP contribution in [0, 0.1) is 46.3 Å². The molecule has 4 fully saturated rings. The molecule has 6 nitrogen and oxygen atoms in total. The molecule has 3 saturated carbocycles. The third-order valence-corrected chi connectivity index (χ3v) is 13.8. The minimum Gasteiger partial charge on any atom is -0.462 e. The van der Waals surface area contributed by atoms with E-state index in [-0.39, 0.29) is 40.5 Å². The highest BCUT2D eigenvalue weighted by Gasteiger charge is 2.59. The summed E-state index contributed by atoms with van der Waals surface area (Å²) < 4.78 is 6.06. The number of hydrogen-bond acceptors (Lipinski definition) is 5. The van der Waals surface area contributed by atoms with E-state index in [2.05, 4.69) is 64.6 Å². The lowest BCUT2D eigenvalue weighted by molar-refractivity contribution is -0.153. The van der Waals surface area contributed by atoms with Gasteiger partial charge in [-0.1, -0.05) is 65.5 Å². The smallest absolute Gasteiger partial charge is 0.306 e. The largest absolute Gasteiger partial charge is 0.462 e. The van der Waals surface area contributed by atoms with Gasteiger partial charge in [-0.2, -0.15) is 0 Å². The highest BCUT2D eigenvalue weighted by molar-refractivity contribution is 5.81. The summed E-state index contributed by atoms with van der Waals surface area (Å²) in [6.07, 6.45) is 17.0. The molecule has 0 aromatic carbocycles. The van der Waals surface area contributed by atoms with Gasteiger partial charge in [0.05, 0.1) is 6.42 Å². The first-order valence-corrected chi connectivity index (χ1v) is 18.9. The quantitative estimate of drug-likeness (QED) is 0.190. The molecule has 0 bridgehead atoms. The Kier molecular flexibility index (Phi) is 11.5. The summed E-state index contributed by atoms with van der Waals surface area (Å²) in [5.41, 5.74) is 2.34. The Labute approximate surface area is 280 Å². The maximum Gasteiger partial charge on any atom is 0.306 e. The third-order valence-electron chi connectivity index (χ3n) is 13.8. The summed E-state index contributed by atoms with van der Waals surface area (Å²) in [5.74, 6) is 4.92. The van der Waals surface area contributed by atoms with Crippen molar-refractivity contribution in [1.82, 2.24) is 14.7 Å². The lowest BCUT2D eigenvalue weighted by Gasteiger charge is -2.58. The highest BCUT2D eigenvalue weighted by atomic mass is 16.5. The molecule has 4 aliphatic carbocycles. The zero-order valence-corrected chi connectivity index (χ0v) is 30.1. The number of ether oxygens (including phenoxy) is 1. The topological polar surface area (TPSA) is 53.1 Å². The van der Waals surface area contributed by atoms with E-state index in [1.54, 1.807) is 5.57 Å². The fourth-order valence-corrected chi connectivity index (χ4v) is 10.9. The van der Waals surface area contributed by atoms with E-state index in [0.717, 1.165) is 94.0 Å². The third kappa shape index (κ3) is 7.85. The summed E-state index contributed by atoms with van der Waals surface area (Å²) in [5, 5.41) is 0. The molecule has 0 aromatic rings. The van der Waals surface area contributed by atoms with E-state index in [4.69, 9.17) is 4.74 Å². The van der Waals surface area contributed by atoms with Crippen LogP contribution in [0.2, 0.25) is 0 Å².